The van der Waals surface area contributed by atoms with Crippen molar-refractivity contribution in [3.63, 3.8) is 0 Å². The van der Waals surface area contributed by atoms with E-state index in [0.717, 1.165) is 26.1 Å². The van der Waals surface area contributed by atoms with Crippen LogP contribution in [0.1, 0.15) is 31.1 Å². The van der Waals surface area contributed by atoms with Crippen LogP contribution in [-0.4, -0.2) is 49.3 Å². The highest BCUT2D eigenvalue weighted by atomic mass is 79.9. The van der Waals surface area contributed by atoms with E-state index in [1.165, 1.54) is 35.2 Å². The highest BCUT2D eigenvalue weighted by molar-refractivity contribution is 9.10. The predicted octanol–water partition coefficient (Wildman–Crippen LogP) is 3.28. The van der Waals surface area contributed by atoms with Gasteiger partial charge in [0.15, 0.2) is 0 Å². The number of hydrogen-bond donors (Lipinski definition) is 1. The predicted molar refractivity (Wildman–Crippen MR) is 92.1 cm³/mol. The first-order valence-corrected chi connectivity index (χ1v) is 9.76. The molecule has 0 aromatic carbocycles. The van der Waals surface area contributed by atoms with Crippen molar-refractivity contribution in [1.82, 2.24) is 10.2 Å². The van der Waals surface area contributed by atoms with E-state index in [0.29, 0.717) is 18.2 Å². The SMILES string of the molecule is CCCNC(Cc1sccc1Br)C1CN2CCCC2CO1. The van der Waals surface area contributed by atoms with E-state index >= 15 is 0 Å². The summed E-state index contributed by atoms with van der Waals surface area (Å²) in [5.41, 5.74) is 0. The average Bonchev–Trinajstić information content (AvgIpc) is 3.11. The minimum atomic E-state index is 0.319. The van der Waals surface area contributed by atoms with Crippen molar-refractivity contribution in [3.8, 4) is 0 Å². The molecule has 1 N–H and O–H groups in total. The Bertz CT molecular complexity index is 453. The molecule has 3 nitrogen and oxygen atoms in total. The molecule has 2 saturated heterocycles. The maximum atomic E-state index is 6.22. The summed E-state index contributed by atoms with van der Waals surface area (Å²) in [6, 6.07) is 3.25. The van der Waals surface area contributed by atoms with Crippen LogP contribution < -0.4 is 5.32 Å². The van der Waals surface area contributed by atoms with Crippen molar-refractivity contribution in [1.29, 1.82) is 0 Å². The molecular formula is C16H25BrN2OS. The smallest absolute Gasteiger partial charge is 0.0859 e. The summed E-state index contributed by atoms with van der Waals surface area (Å²) >= 11 is 5.50. The largest absolute Gasteiger partial charge is 0.374 e. The quantitative estimate of drug-likeness (QED) is 0.828. The van der Waals surface area contributed by atoms with Gasteiger partial charge >= 0.3 is 0 Å². The van der Waals surface area contributed by atoms with Crippen LogP contribution >= 0.6 is 27.3 Å². The van der Waals surface area contributed by atoms with Gasteiger partial charge in [0.2, 0.25) is 0 Å². The minimum Gasteiger partial charge on any atom is -0.374 e. The van der Waals surface area contributed by atoms with E-state index in [2.05, 4.69) is 44.5 Å². The highest BCUT2D eigenvalue weighted by Crippen LogP contribution is 2.28. The Kier molecular flexibility index (Phi) is 5.73. The molecule has 5 heteroatoms. The number of nitrogens with zero attached hydrogens (tertiary/aromatic N) is 1. The van der Waals surface area contributed by atoms with E-state index in [9.17, 15) is 0 Å². The molecule has 118 valence electrons. The molecule has 0 amide bonds. The first-order valence-electron chi connectivity index (χ1n) is 8.09. The van der Waals surface area contributed by atoms with Gasteiger partial charge in [0.1, 0.15) is 0 Å². The molecule has 0 saturated carbocycles. The number of morpholine rings is 1. The molecule has 0 bridgehead atoms. The molecule has 2 aliphatic rings. The second kappa shape index (κ2) is 7.55. The maximum Gasteiger partial charge on any atom is 0.0859 e. The topological polar surface area (TPSA) is 24.5 Å². The normalized spacial score (nSPS) is 27.7. The number of ether oxygens (including phenoxy) is 1. The van der Waals surface area contributed by atoms with Crippen LogP contribution in [0.2, 0.25) is 0 Å². The third-order valence-corrected chi connectivity index (χ3v) is 6.57. The average molecular weight is 373 g/mol. The maximum absolute atomic E-state index is 6.22. The molecule has 0 radical (unpaired) electrons. The van der Waals surface area contributed by atoms with Gasteiger partial charge in [-0.25, -0.2) is 0 Å². The summed E-state index contributed by atoms with van der Waals surface area (Å²) in [6.07, 6.45) is 5.20. The van der Waals surface area contributed by atoms with Gasteiger partial charge in [-0.15, -0.1) is 11.3 Å². The fourth-order valence-corrected chi connectivity index (χ4v) is 5.00. The molecule has 3 rings (SSSR count). The third-order valence-electron chi connectivity index (χ3n) is 4.62. The highest BCUT2D eigenvalue weighted by Gasteiger charge is 2.35. The van der Waals surface area contributed by atoms with E-state index in [1.807, 2.05) is 11.3 Å². The lowest BCUT2D eigenvalue weighted by atomic mass is 10.0. The zero-order chi connectivity index (χ0) is 14.7. The van der Waals surface area contributed by atoms with E-state index < -0.39 is 0 Å². The Morgan fingerprint density at radius 1 is 1.57 bits per heavy atom. The van der Waals surface area contributed by atoms with Gasteiger partial charge in [-0.05, 0) is 59.7 Å². The van der Waals surface area contributed by atoms with Gasteiger partial charge in [-0.3, -0.25) is 4.90 Å². The Hall–Kier alpha value is 0.0600. The van der Waals surface area contributed by atoms with Crippen molar-refractivity contribution in [2.24, 2.45) is 0 Å². The summed E-state index contributed by atoms with van der Waals surface area (Å²) in [5.74, 6) is 0. The lowest BCUT2D eigenvalue weighted by molar-refractivity contribution is -0.0642. The number of hydrogen-bond acceptors (Lipinski definition) is 4. The molecule has 2 aliphatic heterocycles. The Balaban J connectivity index is 1.65. The summed E-state index contributed by atoms with van der Waals surface area (Å²) in [6.45, 7) is 6.56. The van der Waals surface area contributed by atoms with Crippen LogP contribution in [0.3, 0.4) is 0 Å². The summed E-state index contributed by atoms with van der Waals surface area (Å²) < 4.78 is 7.47. The van der Waals surface area contributed by atoms with Crippen molar-refractivity contribution in [3.05, 3.63) is 20.8 Å². The summed E-state index contributed by atoms with van der Waals surface area (Å²) in [5, 5.41) is 5.88. The Labute approximate surface area is 140 Å². The molecule has 0 spiro atoms. The van der Waals surface area contributed by atoms with Crippen LogP contribution in [0.15, 0.2) is 15.9 Å². The molecule has 3 atom stereocenters. The van der Waals surface area contributed by atoms with Crippen molar-refractivity contribution < 1.29 is 4.74 Å². The number of thiophene rings is 1. The standard InChI is InChI=1S/C16H25BrN2OS/c1-2-6-18-14(9-16-13(17)5-8-21-16)15-10-19-7-3-4-12(19)11-20-15/h5,8,12,14-15,18H,2-4,6-7,9-11H2,1H3. The monoisotopic (exact) mass is 372 g/mol. The number of fused-ring (bicyclic) bond motifs is 1. The fourth-order valence-electron chi connectivity index (χ4n) is 3.42. The van der Waals surface area contributed by atoms with Crippen LogP contribution in [0, 0.1) is 0 Å². The van der Waals surface area contributed by atoms with Crippen LogP contribution in [0.5, 0.6) is 0 Å². The second-order valence-corrected chi connectivity index (χ2v) is 7.97. The fraction of sp³-hybridized carbons (Fsp3) is 0.750. The molecule has 0 aliphatic carbocycles. The Morgan fingerprint density at radius 2 is 2.48 bits per heavy atom. The van der Waals surface area contributed by atoms with E-state index in [-0.39, 0.29) is 0 Å². The molecule has 2 fully saturated rings. The lowest BCUT2D eigenvalue weighted by Gasteiger charge is -2.39. The molecule has 1 aromatic rings. The first-order chi connectivity index (χ1) is 10.3. The molecular weight excluding hydrogens is 348 g/mol. The zero-order valence-electron chi connectivity index (χ0n) is 12.7. The minimum absolute atomic E-state index is 0.319. The molecule has 3 heterocycles. The summed E-state index contributed by atoms with van der Waals surface area (Å²) in [4.78, 5) is 4.06. The third kappa shape index (κ3) is 3.88. The molecule has 3 unspecified atom stereocenters. The van der Waals surface area contributed by atoms with Gasteiger partial charge in [0, 0.05) is 34.4 Å². The molecule has 21 heavy (non-hydrogen) atoms. The first kappa shape index (κ1) is 15.9. The van der Waals surface area contributed by atoms with E-state index in [1.54, 1.807) is 0 Å². The van der Waals surface area contributed by atoms with Crippen molar-refractivity contribution in [2.45, 2.75) is 50.8 Å². The van der Waals surface area contributed by atoms with Crippen LogP contribution in [0.25, 0.3) is 0 Å². The Morgan fingerprint density at radius 3 is 3.24 bits per heavy atom. The van der Waals surface area contributed by atoms with Gasteiger partial charge < -0.3 is 10.1 Å². The van der Waals surface area contributed by atoms with Crippen LogP contribution in [0.4, 0.5) is 0 Å². The van der Waals surface area contributed by atoms with Crippen LogP contribution in [-0.2, 0) is 11.2 Å². The van der Waals surface area contributed by atoms with Crippen molar-refractivity contribution >= 4 is 27.3 Å². The van der Waals surface area contributed by atoms with E-state index in [4.69, 9.17) is 4.74 Å². The number of halogens is 1. The zero-order valence-corrected chi connectivity index (χ0v) is 15.1. The van der Waals surface area contributed by atoms with Gasteiger partial charge in [0.25, 0.3) is 0 Å². The second-order valence-electron chi connectivity index (χ2n) is 6.12. The summed E-state index contributed by atoms with van der Waals surface area (Å²) in [7, 11) is 0. The van der Waals surface area contributed by atoms with Gasteiger partial charge in [0.05, 0.1) is 12.7 Å². The number of nitrogens with one attached hydrogen (secondary N) is 1. The van der Waals surface area contributed by atoms with Gasteiger partial charge in [-0.1, -0.05) is 6.92 Å². The van der Waals surface area contributed by atoms with Crippen molar-refractivity contribution in [2.75, 3.05) is 26.2 Å². The lowest BCUT2D eigenvalue weighted by Crippen LogP contribution is -2.55. The van der Waals surface area contributed by atoms with Gasteiger partial charge in [-0.2, -0.15) is 0 Å². The molecule has 1 aromatic heterocycles. The number of rotatable bonds is 6.